The first-order chi connectivity index (χ1) is 3.83. The minimum absolute atomic E-state index is 0. The van der Waals surface area contributed by atoms with Crippen molar-refractivity contribution in [2.45, 2.75) is 26.7 Å². The Hall–Kier alpha value is 0.803. The maximum atomic E-state index is 7.88. The molecule has 0 aromatic rings. The van der Waals surface area contributed by atoms with Crippen LogP contribution in [-0.4, -0.2) is 16.8 Å². The quantitative estimate of drug-likeness (QED) is 0.675. The van der Waals surface area contributed by atoms with E-state index in [0.717, 1.165) is 19.4 Å². The largest absolute Gasteiger partial charge is 0.566 e. The van der Waals surface area contributed by atoms with Crippen molar-refractivity contribution < 1.29 is 36.4 Å². The normalized spacial score (nSPS) is 6.67. The van der Waals surface area contributed by atoms with Crippen LogP contribution in [0, 0.1) is 6.61 Å². The predicted octanol–water partition coefficient (Wildman–Crippen LogP) is 1.32. The van der Waals surface area contributed by atoms with Gasteiger partial charge in [-0.15, -0.1) is 0 Å². The van der Waals surface area contributed by atoms with E-state index in [-0.39, 0.29) is 26.2 Å². The number of aliphatic hydroxyl groups is 2. The summed E-state index contributed by atoms with van der Waals surface area (Å²) in [6.45, 7) is 5.25. The van der Waals surface area contributed by atoms with Crippen LogP contribution in [0.25, 0.3) is 0 Å². The van der Waals surface area contributed by atoms with Crippen LogP contribution in [0.4, 0.5) is 0 Å². The SMILES string of the molecule is CCCO.CC[CH-]O.[Zr]. The van der Waals surface area contributed by atoms with Gasteiger partial charge in [0.05, 0.1) is 0 Å². The van der Waals surface area contributed by atoms with E-state index in [2.05, 4.69) is 0 Å². The van der Waals surface area contributed by atoms with E-state index in [1.54, 1.807) is 0 Å². The Morgan fingerprint density at radius 2 is 1.56 bits per heavy atom. The van der Waals surface area contributed by atoms with Crippen molar-refractivity contribution in [2.75, 3.05) is 6.61 Å². The summed E-state index contributed by atoms with van der Waals surface area (Å²) in [5, 5.41) is 15.6. The molecule has 0 fully saturated rings. The van der Waals surface area contributed by atoms with Gasteiger partial charge in [-0.05, 0) is 6.42 Å². The molecule has 0 atom stereocenters. The summed E-state index contributed by atoms with van der Waals surface area (Å²) in [6, 6.07) is 0. The molecule has 0 aliphatic carbocycles. The Kier molecular flexibility index (Phi) is 42.4. The second-order valence-corrected chi connectivity index (χ2v) is 1.31. The van der Waals surface area contributed by atoms with Gasteiger partial charge >= 0.3 is 0 Å². The van der Waals surface area contributed by atoms with Gasteiger partial charge in [-0.25, -0.2) is 6.61 Å². The second kappa shape index (κ2) is 23.2. The van der Waals surface area contributed by atoms with Crippen LogP contribution >= 0.6 is 0 Å². The Bertz CT molecular complexity index is 19.0. The van der Waals surface area contributed by atoms with Gasteiger partial charge in [0.2, 0.25) is 0 Å². The van der Waals surface area contributed by atoms with Crippen molar-refractivity contribution in [1.82, 2.24) is 0 Å². The number of hydrogen-bond donors (Lipinski definition) is 2. The van der Waals surface area contributed by atoms with E-state index < -0.39 is 0 Å². The van der Waals surface area contributed by atoms with Gasteiger partial charge in [0.25, 0.3) is 0 Å². The van der Waals surface area contributed by atoms with Crippen LogP contribution in [0.5, 0.6) is 0 Å². The fourth-order valence-electron chi connectivity index (χ4n) is 0. The molecule has 0 amide bonds. The summed E-state index contributed by atoms with van der Waals surface area (Å²) in [7, 11) is 0. The molecule has 2 nitrogen and oxygen atoms in total. The van der Waals surface area contributed by atoms with Gasteiger partial charge in [0.1, 0.15) is 0 Å². The summed E-state index contributed by atoms with van der Waals surface area (Å²) >= 11 is 0. The molecule has 0 heterocycles. The molecular formula is C6H15O2Zr-. The van der Waals surface area contributed by atoms with Crippen molar-refractivity contribution in [2.24, 2.45) is 0 Å². The Balaban J connectivity index is -0.0000000720. The standard InChI is InChI=1S/C3H8O.C3H7O.Zr/c2*1-2-3-4;/h4H,2-3H2,1H3;3-4H,2H2,1H3;/q;-1;. The number of rotatable bonds is 2. The Morgan fingerprint density at radius 3 is 1.56 bits per heavy atom. The zero-order chi connectivity index (χ0) is 6.83. The molecule has 3 heteroatoms. The molecule has 2 N–H and O–H groups in total. The van der Waals surface area contributed by atoms with E-state index in [1.807, 2.05) is 13.8 Å². The third-order valence-corrected chi connectivity index (χ3v) is 0.406. The van der Waals surface area contributed by atoms with Gasteiger partial charge < -0.3 is 10.2 Å². The smallest absolute Gasteiger partial charge is 0.0428 e. The molecule has 0 saturated heterocycles. The van der Waals surface area contributed by atoms with Crippen molar-refractivity contribution in [3.8, 4) is 0 Å². The van der Waals surface area contributed by atoms with Crippen LogP contribution in [0.3, 0.4) is 0 Å². The minimum Gasteiger partial charge on any atom is -0.566 e. The average Bonchev–Trinajstić information content (AvgIpc) is 1.88. The van der Waals surface area contributed by atoms with Gasteiger partial charge in [0.15, 0.2) is 0 Å². The first-order valence-electron chi connectivity index (χ1n) is 2.90. The van der Waals surface area contributed by atoms with E-state index in [9.17, 15) is 0 Å². The fraction of sp³-hybridized carbons (Fsp3) is 0.833. The predicted molar refractivity (Wildman–Crippen MR) is 33.9 cm³/mol. The van der Waals surface area contributed by atoms with E-state index in [0.29, 0.717) is 6.61 Å². The molecule has 0 spiro atoms. The van der Waals surface area contributed by atoms with Gasteiger partial charge in [-0.1, -0.05) is 13.8 Å². The monoisotopic (exact) mass is 209 g/mol. The minimum atomic E-state index is 0. The molecule has 56 valence electrons. The van der Waals surface area contributed by atoms with Crippen molar-refractivity contribution in [1.29, 1.82) is 0 Å². The van der Waals surface area contributed by atoms with E-state index >= 15 is 0 Å². The summed E-state index contributed by atoms with van der Waals surface area (Å²) in [4.78, 5) is 0. The van der Waals surface area contributed by atoms with E-state index in [1.165, 1.54) is 0 Å². The molecule has 0 aromatic carbocycles. The maximum Gasteiger partial charge on any atom is 0.0428 e. The average molecular weight is 210 g/mol. The molecule has 0 unspecified atom stereocenters. The van der Waals surface area contributed by atoms with Gasteiger partial charge in [0, 0.05) is 32.8 Å². The van der Waals surface area contributed by atoms with Crippen molar-refractivity contribution in [3.05, 3.63) is 6.61 Å². The van der Waals surface area contributed by atoms with Crippen LogP contribution in [0.1, 0.15) is 26.7 Å². The zero-order valence-corrected chi connectivity index (χ0v) is 8.55. The molecule has 9 heavy (non-hydrogen) atoms. The summed E-state index contributed by atoms with van der Waals surface area (Å²) < 4.78 is 0. The second-order valence-electron chi connectivity index (χ2n) is 1.31. The summed E-state index contributed by atoms with van der Waals surface area (Å²) in [5.41, 5.74) is 0. The van der Waals surface area contributed by atoms with Crippen molar-refractivity contribution >= 4 is 0 Å². The number of aliphatic hydroxyl groups excluding tert-OH is 2. The first-order valence-corrected chi connectivity index (χ1v) is 2.90. The van der Waals surface area contributed by atoms with Crippen LogP contribution in [0.2, 0.25) is 0 Å². The Morgan fingerprint density at radius 1 is 1.33 bits per heavy atom. The molecule has 0 aromatic heterocycles. The van der Waals surface area contributed by atoms with Gasteiger partial charge in [-0.2, -0.15) is 6.42 Å². The molecular weight excluding hydrogens is 195 g/mol. The molecule has 0 rings (SSSR count). The molecule has 0 radical (unpaired) electrons. The third-order valence-electron chi connectivity index (χ3n) is 0.406. The van der Waals surface area contributed by atoms with Gasteiger partial charge in [-0.3, -0.25) is 0 Å². The van der Waals surface area contributed by atoms with Crippen LogP contribution < -0.4 is 0 Å². The molecule has 0 bridgehead atoms. The fourth-order valence-corrected chi connectivity index (χ4v) is 0. The van der Waals surface area contributed by atoms with Crippen LogP contribution in [0.15, 0.2) is 0 Å². The van der Waals surface area contributed by atoms with Crippen molar-refractivity contribution in [3.63, 3.8) is 0 Å². The third kappa shape index (κ3) is 51.9. The van der Waals surface area contributed by atoms with Crippen LogP contribution in [-0.2, 0) is 26.2 Å². The first kappa shape index (κ1) is 16.4. The topological polar surface area (TPSA) is 40.5 Å². The zero-order valence-electron chi connectivity index (χ0n) is 6.09. The summed E-state index contributed by atoms with van der Waals surface area (Å²) in [5.74, 6) is 0. The summed E-state index contributed by atoms with van der Waals surface area (Å²) in [6.07, 6.45) is 1.62. The molecule has 0 aliphatic rings. The molecule has 0 saturated carbocycles. The van der Waals surface area contributed by atoms with E-state index in [4.69, 9.17) is 10.2 Å². The Labute approximate surface area is 76.4 Å². The number of hydrogen-bond acceptors (Lipinski definition) is 2. The molecule has 0 aliphatic heterocycles. The maximum absolute atomic E-state index is 7.88.